The molecule has 5 rings (SSSR count). The Morgan fingerprint density at radius 3 is 2.36 bits per heavy atom. The number of hydrogen-bond acceptors (Lipinski definition) is 8. The molecule has 3 amide bonds. The Labute approximate surface area is 242 Å². The van der Waals surface area contributed by atoms with Gasteiger partial charge in [-0.05, 0) is 42.5 Å². The van der Waals surface area contributed by atoms with Gasteiger partial charge in [-0.3, -0.25) is 14.5 Å². The predicted molar refractivity (Wildman–Crippen MR) is 153 cm³/mol. The lowest BCUT2D eigenvalue weighted by atomic mass is 10.1. The topological polar surface area (TPSA) is 114 Å². The van der Waals surface area contributed by atoms with Gasteiger partial charge < -0.3 is 29.3 Å². The van der Waals surface area contributed by atoms with E-state index in [2.05, 4.69) is 15.2 Å². The number of rotatable bonds is 8. The number of halogens is 1. The minimum atomic E-state index is -0.784. The quantitative estimate of drug-likeness (QED) is 0.432. The molecule has 1 atom stereocenters. The third kappa shape index (κ3) is 5.78. The first-order chi connectivity index (χ1) is 20.3. The van der Waals surface area contributed by atoms with Crippen molar-refractivity contribution in [1.82, 2.24) is 15.2 Å². The molecule has 0 spiro atoms. The van der Waals surface area contributed by atoms with Crippen LogP contribution in [0.25, 0.3) is 11.1 Å². The number of methoxy groups -OCH3 is 2. The first-order valence-electron chi connectivity index (χ1n) is 13.6. The Balaban J connectivity index is 1.22. The molecule has 220 valence electrons. The fourth-order valence-corrected chi connectivity index (χ4v) is 5.03. The molecule has 0 bridgehead atoms. The van der Waals surface area contributed by atoms with E-state index in [0.717, 1.165) is 5.82 Å². The number of hydrogen-bond donors (Lipinski definition) is 1. The van der Waals surface area contributed by atoms with Gasteiger partial charge in [0.15, 0.2) is 6.23 Å². The van der Waals surface area contributed by atoms with E-state index in [0.29, 0.717) is 60.1 Å². The molecule has 3 heterocycles. The van der Waals surface area contributed by atoms with Crippen LogP contribution in [0.2, 0.25) is 0 Å². The van der Waals surface area contributed by atoms with Crippen LogP contribution in [0.3, 0.4) is 0 Å². The summed E-state index contributed by atoms with van der Waals surface area (Å²) < 4.78 is 31.1. The molecule has 3 aromatic rings. The maximum Gasteiger partial charge on any atom is 0.416 e. The lowest BCUT2D eigenvalue weighted by Gasteiger charge is -2.35. The number of anilines is 2. The molecule has 2 saturated heterocycles. The minimum Gasteiger partial charge on any atom is -0.496 e. The van der Waals surface area contributed by atoms with Crippen LogP contribution in [0.5, 0.6) is 11.5 Å². The number of pyridine rings is 1. The number of carbonyl (C=O) groups is 3. The van der Waals surface area contributed by atoms with Crippen molar-refractivity contribution in [2.24, 2.45) is 0 Å². The normalized spacial score (nSPS) is 16.7. The van der Waals surface area contributed by atoms with Crippen LogP contribution in [0.4, 0.5) is 20.7 Å². The van der Waals surface area contributed by atoms with Gasteiger partial charge in [-0.25, -0.2) is 14.2 Å². The maximum atomic E-state index is 15.2. The summed E-state index contributed by atoms with van der Waals surface area (Å²) in [6, 6.07) is 13.3. The molecule has 0 aliphatic carbocycles. The fraction of sp³-hybridized carbons (Fsp3) is 0.333. The van der Waals surface area contributed by atoms with Crippen LogP contribution >= 0.6 is 0 Å². The van der Waals surface area contributed by atoms with Gasteiger partial charge in [0, 0.05) is 49.9 Å². The molecule has 2 fully saturated rings. The fourth-order valence-electron chi connectivity index (χ4n) is 5.03. The lowest BCUT2D eigenvalue weighted by molar-refractivity contribution is -0.123. The van der Waals surface area contributed by atoms with Crippen molar-refractivity contribution in [3.05, 3.63) is 66.1 Å². The predicted octanol–water partition coefficient (Wildman–Crippen LogP) is 3.68. The molecule has 2 aromatic carbocycles. The number of benzene rings is 2. The van der Waals surface area contributed by atoms with E-state index in [9.17, 15) is 14.4 Å². The van der Waals surface area contributed by atoms with Crippen molar-refractivity contribution in [3.63, 3.8) is 0 Å². The van der Waals surface area contributed by atoms with Crippen molar-refractivity contribution in [2.75, 3.05) is 56.7 Å². The van der Waals surface area contributed by atoms with Gasteiger partial charge in [0.25, 0.3) is 5.91 Å². The smallest absolute Gasteiger partial charge is 0.416 e. The molecular weight excluding hydrogens is 545 g/mol. The van der Waals surface area contributed by atoms with E-state index in [1.165, 1.54) is 25.2 Å². The third-order valence-corrected chi connectivity index (χ3v) is 7.31. The summed E-state index contributed by atoms with van der Waals surface area (Å²) in [5, 5.41) is 2.61. The van der Waals surface area contributed by atoms with Gasteiger partial charge in [0.1, 0.15) is 28.7 Å². The Hall–Kier alpha value is -4.87. The van der Waals surface area contributed by atoms with Gasteiger partial charge in [-0.2, -0.15) is 0 Å². The second kappa shape index (κ2) is 12.3. The summed E-state index contributed by atoms with van der Waals surface area (Å²) in [6.07, 6.45) is 0.428. The second-order valence-electron chi connectivity index (χ2n) is 9.79. The van der Waals surface area contributed by atoms with E-state index >= 15 is 4.39 Å². The Bertz CT molecular complexity index is 1450. The highest BCUT2D eigenvalue weighted by molar-refractivity contribution is 6.00. The number of nitrogens with zero attached hydrogens (tertiary/aromatic N) is 4. The molecule has 11 nitrogen and oxygen atoms in total. The standard InChI is InChI=1S/C30H32FN5O6/c1-4-26(37)33-27-18-36(30(39)42-27)20-9-10-21(22(31)16-20)19-8-11-25(32-17-19)34-12-14-35(15-13-34)29(38)28-23(40-2)6-5-7-24(28)41-3/h5-11,16-17,27H,4,12-15,18H2,1-3H3,(H,33,37). The summed E-state index contributed by atoms with van der Waals surface area (Å²) in [4.78, 5) is 46.8. The largest absolute Gasteiger partial charge is 0.496 e. The molecule has 1 aromatic heterocycles. The molecule has 42 heavy (non-hydrogen) atoms. The highest BCUT2D eigenvalue weighted by atomic mass is 19.1. The highest BCUT2D eigenvalue weighted by Crippen LogP contribution is 2.31. The van der Waals surface area contributed by atoms with Gasteiger partial charge in [0.2, 0.25) is 5.91 Å². The molecule has 1 unspecified atom stereocenters. The van der Waals surface area contributed by atoms with Crippen LogP contribution in [-0.4, -0.2) is 81.0 Å². The number of piperazine rings is 1. The van der Waals surface area contributed by atoms with Crippen molar-refractivity contribution in [3.8, 4) is 22.6 Å². The Morgan fingerprint density at radius 1 is 1.05 bits per heavy atom. The van der Waals surface area contributed by atoms with Gasteiger partial charge in [-0.1, -0.05) is 13.0 Å². The van der Waals surface area contributed by atoms with Crippen molar-refractivity contribution in [2.45, 2.75) is 19.6 Å². The van der Waals surface area contributed by atoms with Crippen LogP contribution in [0.1, 0.15) is 23.7 Å². The number of ether oxygens (including phenoxy) is 3. The molecule has 2 aliphatic rings. The van der Waals surface area contributed by atoms with E-state index in [4.69, 9.17) is 14.2 Å². The van der Waals surface area contributed by atoms with Gasteiger partial charge >= 0.3 is 6.09 Å². The number of carbonyl (C=O) groups excluding carboxylic acids is 3. The molecule has 1 N–H and O–H groups in total. The van der Waals surface area contributed by atoms with E-state index in [1.54, 1.807) is 54.4 Å². The average molecular weight is 578 g/mol. The third-order valence-electron chi connectivity index (χ3n) is 7.31. The number of cyclic esters (lactones) is 1. The van der Waals surface area contributed by atoms with Crippen molar-refractivity contribution in [1.29, 1.82) is 0 Å². The summed E-state index contributed by atoms with van der Waals surface area (Å²) >= 11 is 0. The molecule has 2 aliphatic heterocycles. The molecular formula is C30H32FN5O6. The van der Waals surface area contributed by atoms with Crippen LogP contribution in [-0.2, 0) is 9.53 Å². The molecule has 0 saturated carbocycles. The van der Waals surface area contributed by atoms with Crippen molar-refractivity contribution >= 4 is 29.4 Å². The number of aromatic nitrogens is 1. The summed E-state index contributed by atoms with van der Waals surface area (Å²) in [5.74, 6) is 0.729. The van der Waals surface area contributed by atoms with Crippen molar-refractivity contribution < 1.29 is 33.0 Å². The first-order valence-corrected chi connectivity index (χ1v) is 13.6. The zero-order chi connectivity index (χ0) is 29.8. The monoisotopic (exact) mass is 577 g/mol. The lowest BCUT2D eigenvalue weighted by Crippen LogP contribution is -2.49. The van der Waals surface area contributed by atoms with E-state index < -0.39 is 18.1 Å². The Morgan fingerprint density at radius 2 is 1.76 bits per heavy atom. The molecule has 0 radical (unpaired) electrons. The highest BCUT2D eigenvalue weighted by Gasteiger charge is 2.33. The maximum absolute atomic E-state index is 15.2. The number of amides is 3. The average Bonchev–Trinajstić information content (AvgIpc) is 3.39. The van der Waals surface area contributed by atoms with Crippen LogP contribution in [0.15, 0.2) is 54.7 Å². The summed E-state index contributed by atoms with van der Waals surface area (Å²) in [5.41, 5.74) is 1.65. The number of nitrogens with one attached hydrogen (secondary N) is 1. The van der Waals surface area contributed by atoms with E-state index in [-0.39, 0.29) is 24.8 Å². The second-order valence-corrected chi connectivity index (χ2v) is 9.79. The SMILES string of the molecule is CCC(=O)NC1CN(c2ccc(-c3ccc(N4CCN(C(=O)c5c(OC)cccc5OC)CC4)nc3)c(F)c2)C(=O)O1. The summed E-state index contributed by atoms with van der Waals surface area (Å²) in [7, 11) is 3.04. The summed E-state index contributed by atoms with van der Waals surface area (Å²) in [6.45, 7) is 3.91. The van der Waals surface area contributed by atoms with E-state index in [1.807, 2.05) is 6.07 Å². The zero-order valence-corrected chi connectivity index (χ0v) is 23.6. The van der Waals surface area contributed by atoms with Crippen LogP contribution < -0.4 is 24.6 Å². The minimum absolute atomic E-state index is 0.0882. The Kier molecular flexibility index (Phi) is 8.41. The van der Waals surface area contributed by atoms with Gasteiger partial charge in [0.05, 0.1) is 26.5 Å². The first kappa shape index (κ1) is 28.7. The van der Waals surface area contributed by atoms with Gasteiger partial charge in [-0.15, -0.1) is 0 Å². The van der Waals surface area contributed by atoms with Crippen LogP contribution in [0, 0.1) is 5.82 Å². The molecule has 12 heteroatoms. The zero-order valence-electron chi connectivity index (χ0n) is 23.6.